The van der Waals surface area contributed by atoms with Crippen LogP contribution in [0.3, 0.4) is 0 Å². The minimum Gasteiger partial charge on any atom is -0.383 e. The van der Waals surface area contributed by atoms with Gasteiger partial charge in [-0.3, -0.25) is 4.90 Å². The fraction of sp³-hybridized carbons (Fsp3) is 0.286. The van der Waals surface area contributed by atoms with E-state index in [0.29, 0.717) is 12.5 Å². The second-order valence-corrected chi connectivity index (χ2v) is 5.50. The van der Waals surface area contributed by atoms with Crippen molar-refractivity contribution in [3.63, 3.8) is 0 Å². The third kappa shape index (κ3) is 3.17. The zero-order valence-corrected chi connectivity index (χ0v) is 12.3. The highest BCUT2D eigenvalue weighted by molar-refractivity contribution is 6.30. The zero-order chi connectivity index (χ0) is 14.8. The molecule has 1 aromatic heterocycles. The normalized spacial score (nSPS) is 14.5. The zero-order valence-electron chi connectivity index (χ0n) is 11.5. The van der Waals surface area contributed by atoms with Crippen LogP contribution in [0.25, 0.3) is 0 Å². The van der Waals surface area contributed by atoms with Gasteiger partial charge in [-0.2, -0.15) is 9.97 Å². The number of halogens is 1. The summed E-state index contributed by atoms with van der Waals surface area (Å²) in [5.74, 6) is 1.38. The summed E-state index contributed by atoms with van der Waals surface area (Å²) in [7, 11) is 0. The van der Waals surface area contributed by atoms with E-state index in [9.17, 15) is 0 Å². The third-order valence-corrected chi connectivity index (χ3v) is 3.75. The Morgan fingerprint density at radius 1 is 1.29 bits per heavy atom. The van der Waals surface area contributed by atoms with Gasteiger partial charge in [-0.05, 0) is 24.1 Å². The van der Waals surface area contributed by atoms with Crippen LogP contribution in [-0.2, 0) is 13.0 Å². The van der Waals surface area contributed by atoms with Crippen LogP contribution in [0.1, 0.15) is 11.1 Å². The number of hydrogen-bond acceptors (Lipinski definition) is 6. The predicted molar refractivity (Wildman–Crippen MR) is 84.9 cm³/mol. The number of nitrogens with one attached hydrogen (secondary N) is 1. The summed E-state index contributed by atoms with van der Waals surface area (Å²) >= 11 is 6.00. The molecule has 1 aromatic carbocycles. The molecular formula is C14H17ClN6. The maximum absolute atomic E-state index is 6.00. The number of rotatable bonds is 3. The lowest BCUT2D eigenvalue weighted by Gasteiger charge is -2.29. The van der Waals surface area contributed by atoms with Gasteiger partial charge in [0, 0.05) is 18.1 Å². The van der Waals surface area contributed by atoms with E-state index in [0.717, 1.165) is 35.9 Å². The van der Waals surface area contributed by atoms with Crippen LogP contribution in [0, 0.1) is 0 Å². The fourth-order valence-corrected chi connectivity index (χ4v) is 2.64. The number of nitrogens with two attached hydrogens (primary N) is 2. The number of nitrogens with zero attached hydrogens (tertiary/aromatic N) is 3. The summed E-state index contributed by atoms with van der Waals surface area (Å²) < 4.78 is 0. The first kappa shape index (κ1) is 13.9. The number of hydrogen-bond donors (Lipinski definition) is 3. The van der Waals surface area contributed by atoms with Crippen LogP contribution < -0.4 is 16.8 Å². The van der Waals surface area contributed by atoms with Gasteiger partial charge in [-0.25, -0.2) is 0 Å². The smallest absolute Gasteiger partial charge is 0.223 e. The van der Waals surface area contributed by atoms with E-state index in [1.807, 2.05) is 18.2 Å². The van der Waals surface area contributed by atoms with Gasteiger partial charge in [0.2, 0.25) is 5.95 Å². The Morgan fingerprint density at radius 3 is 2.95 bits per heavy atom. The molecule has 2 aromatic rings. The topological polar surface area (TPSA) is 93.1 Å². The van der Waals surface area contributed by atoms with Crippen molar-refractivity contribution in [2.45, 2.75) is 13.0 Å². The first-order chi connectivity index (χ1) is 10.1. The number of aromatic nitrogens is 2. The molecular weight excluding hydrogens is 288 g/mol. The number of fused-ring (bicyclic) bond motifs is 1. The van der Waals surface area contributed by atoms with E-state index >= 15 is 0 Å². The van der Waals surface area contributed by atoms with Crippen molar-refractivity contribution < 1.29 is 0 Å². The number of anilines is 3. The van der Waals surface area contributed by atoms with Crippen LogP contribution in [-0.4, -0.2) is 28.1 Å². The summed E-state index contributed by atoms with van der Waals surface area (Å²) in [6.45, 7) is 2.33. The summed E-state index contributed by atoms with van der Waals surface area (Å²) in [5, 5.41) is 4.00. The van der Waals surface area contributed by atoms with Crippen molar-refractivity contribution in [1.82, 2.24) is 14.9 Å². The molecule has 0 aliphatic carbocycles. The lowest BCUT2D eigenvalue weighted by molar-refractivity contribution is 0.278. The van der Waals surface area contributed by atoms with E-state index in [-0.39, 0.29) is 5.95 Å². The monoisotopic (exact) mass is 304 g/mol. The Morgan fingerprint density at radius 2 is 2.14 bits per heavy atom. The Balaban J connectivity index is 1.66. The van der Waals surface area contributed by atoms with Gasteiger partial charge in [0.05, 0.1) is 12.2 Å². The lowest BCUT2D eigenvalue weighted by Crippen LogP contribution is -2.36. The fourth-order valence-electron chi connectivity index (χ4n) is 2.43. The second-order valence-electron chi connectivity index (χ2n) is 5.06. The molecule has 1 aliphatic heterocycles. The molecule has 0 fully saturated rings. The Labute approximate surface area is 128 Å². The average molecular weight is 305 g/mol. The van der Waals surface area contributed by atoms with E-state index in [2.05, 4.69) is 26.3 Å². The van der Waals surface area contributed by atoms with Crippen LogP contribution in [0.2, 0.25) is 5.02 Å². The molecule has 1 aliphatic rings. The maximum atomic E-state index is 6.00. The molecule has 0 atom stereocenters. The molecule has 0 saturated carbocycles. The minimum absolute atomic E-state index is 0.200. The molecule has 6 nitrogen and oxygen atoms in total. The third-order valence-electron chi connectivity index (χ3n) is 3.51. The molecule has 5 N–H and O–H groups in total. The average Bonchev–Trinajstić information content (AvgIpc) is 2.45. The molecule has 0 spiro atoms. The number of benzene rings is 1. The molecule has 7 heteroatoms. The highest BCUT2D eigenvalue weighted by Gasteiger charge is 2.20. The van der Waals surface area contributed by atoms with Crippen molar-refractivity contribution >= 4 is 29.2 Å². The molecule has 21 heavy (non-hydrogen) atoms. The van der Waals surface area contributed by atoms with Crippen molar-refractivity contribution in [1.29, 1.82) is 0 Å². The first-order valence-corrected chi connectivity index (χ1v) is 7.12. The van der Waals surface area contributed by atoms with Crippen LogP contribution in [0.15, 0.2) is 24.3 Å². The quantitative estimate of drug-likeness (QED) is 0.799. The van der Waals surface area contributed by atoms with Crippen LogP contribution in [0.5, 0.6) is 0 Å². The molecule has 3 rings (SSSR count). The first-order valence-electron chi connectivity index (χ1n) is 6.74. The Hall–Kier alpha value is -2.05. The van der Waals surface area contributed by atoms with E-state index < -0.39 is 0 Å². The van der Waals surface area contributed by atoms with Crippen molar-refractivity contribution in [2.24, 2.45) is 0 Å². The summed E-state index contributed by atoms with van der Waals surface area (Å²) in [4.78, 5) is 10.4. The molecule has 110 valence electrons. The van der Waals surface area contributed by atoms with Crippen molar-refractivity contribution in [3.8, 4) is 0 Å². The van der Waals surface area contributed by atoms with Gasteiger partial charge in [0.15, 0.2) is 0 Å². The summed E-state index contributed by atoms with van der Waals surface area (Å²) in [6, 6.07) is 7.92. The standard InChI is InChI=1S/C14H17ClN6/c15-10-3-1-2-9(6-10)4-5-21-7-11-12(16)19-14(17)20-13(11)18-8-21/h1-3,6H,4-5,7-8H2,(H5,16,17,18,19,20). The van der Waals surface area contributed by atoms with Gasteiger partial charge in [-0.1, -0.05) is 23.7 Å². The Bertz CT molecular complexity index is 660. The van der Waals surface area contributed by atoms with Gasteiger partial charge in [0.25, 0.3) is 0 Å². The summed E-state index contributed by atoms with van der Waals surface area (Å²) in [6.07, 6.45) is 0.924. The Kier molecular flexibility index (Phi) is 3.81. The largest absolute Gasteiger partial charge is 0.383 e. The predicted octanol–water partition coefficient (Wildman–Crippen LogP) is 1.72. The second kappa shape index (κ2) is 5.75. The van der Waals surface area contributed by atoms with Crippen molar-refractivity contribution in [2.75, 3.05) is 30.0 Å². The molecule has 0 radical (unpaired) electrons. The van der Waals surface area contributed by atoms with Gasteiger partial charge >= 0.3 is 0 Å². The molecule has 0 bridgehead atoms. The van der Waals surface area contributed by atoms with E-state index in [4.69, 9.17) is 23.1 Å². The van der Waals surface area contributed by atoms with Gasteiger partial charge < -0.3 is 16.8 Å². The minimum atomic E-state index is 0.200. The highest BCUT2D eigenvalue weighted by atomic mass is 35.5. The molecule has 0 unspecified atom stereocenters. The van der Waals surface area contributed by atoms with E-state index in [1.54, 1.807) is 0 Å². The SMILES string of the molecule is Nc1nc(N)c2c(n1)NCN(CCc1cccc(Cl)c1)C2. The molecule has 0 saturated heterocycles. The molecule has 2 heterocycles. The maximum Gasteiger partial charge on any atom is 0.223 e. The van der Waals surface area contributed by atoms with Crippen molar-refractivity contribution in [3.05, 3.63) is 40.4 Å². The lowest BCUT2D eigenvalue weighted by atomic mass is 10.1. The number of nitrogen functional groups attached to an aromatic ring is 2. The highest BCUT2D eigenvalue weighted by Crippen LogP contribution is 2.25. The molecule has 0 amide bonds. The van der Waals surface area contributed by atoms with E-state index in [1.165, 1.54) is 5.56 Å². The van der Waals surface area contributed by atoms with Crippen LogP contribution >= 0.6 is 11.6 Å². The van der Waals surface area contributed by atoms with Crippen LogP contribution in [0.4, 0.5) is 17.6 Å². The van der Waals surface area contributed by atoms with Gasteiger partial charge in [-0.15, -0.1) is 0 Å². The summed E-state index contributed by atoms with van der Waals surface area (Å²) in [5.41, 5.74) is 13.6. The van der Waals surface area contributed by atoms with Gasteiger partial charge in [0.1, 0.15) is 11.6 Å².